The van der Waals surface area contributed by atoms with Crippen molar-refractivity contribution < 1.29 is 41.4 Å². The predicted octanol–water partition coefficient (Wildman–Crippen LogP) is 18.3. The Morgan fingerprint density at radius 2 is 0.840 bits per heavy atom. The summed E-state index contributed by atoms with van der Waals surface area (Å²) in [5.74, 6) is -4.13. The molecule has 6 aliphatic heterocycles. The average Bonchev–Trinajstić information content (AvgIpc) is 1.53. The standard InChI is InChI=1S/C34H34ClF2N5O3.C33H32ClF2N5O2.C32H32Cl2N6O3/c1-6-26(43)40-16-21-10-12-45-33-32(41(21)15-19(40)5)23-14-25(36)27(22-13-20(38)7-8-24(22)35)28(37)31(23)42(34(33)44)30-18(4)9-11-39-29(30)17(2)3;1-6-26(42)39-15-20-12-23-31(40(20)14-18(39)5)22-13-25(35)27(21-11-19(37)7-8-24(21)34)28(36)32(22)41(33(23)43)30-17(4)9-10-38-29(30)16(2)3;1-6-25(41)38-14-20-15-43-30-29(39(20)13-18(38)5)22-12-24(34)27(21-11-19(35)7-8-23(21)33)37-31(22)40(32(30)42)28-17(4)9-10-36-26(28)16(2)3/h6-9,11,13-14,17,19,21H,1,10,12,15-16,38H2,2-5H3;6-11,13,16,18,20H,1,12,14-15,37H2,2-5H3;6-12,16,18,20H,1,13-15,35H2,2-5H3. The maximum Gasteiger partial charge on any atom is 0.301 e. The van der Waals surface area contributed by atoms with Crippen LogP contribution in [0.5, 0.6) is 11.5 Å². The minimum atomic E-state index is -0.968. The van der Waals surface area contributed by atoms with E-state index in [2.05, 4.69) is 39.6 Å². The first-order valence-electron chi connectivity index (χ1n) is 43.3. The minimum Gasteiger partial charge on any atom is -0.486 e. The molecule has 24 nitrogen and oxygen atoms in total. The molecule has 32 heteroatoms. The van der Waals surface area contributed by atoms with Crippen LogP contribution in [0.2, 0.25) is 20.1 Å². The SMILES string of the molecule is C=CC(=O)N1CC2CCOc3c(c4cc(F)c(-c5cc(N)ccc5Cl)c(F)c4n(-c4c(C)ccnc4C(C)C)c3=O)N2CC1C.C=CC(=O)N1CC2COc3c(c4cc(Cl)c(-c5cc(N)ccc5Cl)nc4n(-c4c(C)ccnc4C(C)C)c3=O)N2CC1C.C=CC(=O)N1CC2Cc3c(c4cc(F)c(-c5cc(N)ccc5Cl)c(F)c4n(-c4c(C)ccnc4C(C)C)c3=O)N2CC1C. The first-order chi connectivity index (χ1) is 62.4. The van der Waals surface area contributed by atoms with Gasteiger partial charge in [0.25, 0.3) is 11.1 Å². The second-order valence-corrected chi connectivity index (χ2v) is 36.8. The number of nitrogens with two attached hydrogens (primary N) is 3. The summed E-state index contributed by atoms with van der Waals surface area (Å²) in [5, 5.41) is 2.06. The zero-order chi connectivity index (χ0) is 94.0. The molecule has 7 aromatic heterocycles. The Kier molecular flexibility index (Phi) is 25.0. The lowest BCUT2D eigenvalue weighted by atomic mass is 9.97. The van der Waals surface area contributed by atoms with Crippen LogP contribution in [0.3, 0.4) is 0 Å². The van der Waals surface area contributed by atoms with Gasteiger partial charge in [-0.1, -0.05) is 108 Å². The molecular weight excluding hydrogens is 1760 g/mol. The van der Waals surface area contributed by atoms with Crippen molar-refractivity contribution in [2.75, 3.05) is 84.4 Å². The number of anilines is 6. The van der Waals surface area contributed by atoms with Crippen molar-refractivity contribution in [1.82, 2.24) is 48.3 Å². The number of aromatic nitrogens is 7. The molecule has 6 unspecified atom stereocenters. The maximum atomic E-state index is 17.3. The topological polar surface area (TPSA) is 285 Å². The number of benzene rings is 5. The normalized spacial score (nSPS) is 17.9. The van der Waals surface area contributed by atoms with Crippen molar-refractivity contribution >= 4 is 131 Å². The number of hydrogen-bond acceptors (Lipinski definition) is 18. The number of ether oxygens (including phenoxy) is 2. The maximum absolute atomic E-state index is 17.3. The Morgan fingerprint density at radius 3 is 1.30 bits per heavy atom. The zero-order valence-corrected chi connectivity index (χ0v) is 77.4. The predicted molar refractivity (Wildman–Crippen MR) is 513 cm³/mol. The quantitative estimate of drug-likeness (QED) is 0.0582. The molecule has 5 aromatic carbocycles. The van der Waals surface area contributed by atoms with E-state index in [1.807, 2.05) is 105 Å². The van der Waals surface area contributed by atoms with Gasteiger partial charge in [-0.3, -0.25) is 57.4 Å². The van der Waals surface area contributed by atoms with E-state index in [9.17, 15) is 28.8 Å². The molecule has 0 bridgehead atoms. The summed E-state index contributed by atoms with van der Waals surface area (Å²) in [6.07, 6.45) is 9.73. The Balaban J connectivity index is 0.000000144. The lowest BCUT2D eigenvalue weighted by Gasteiger charge is -2.48. The first-order valence-corrected chi connectivity index (χ1v) is 44.8. The number of carbonyl (C=O) groups excluding carboxylic acids is 3. The average molecular weight is 1860 g/mol. The number of fused-ring (bicyclic) bond motifs is 15. The van der Waals surface area contributed by atoms with Gasteiger partial charge >= 0.3 is 5.56 Å². The molecule has 678 valence electrons. The number of aryl methyl sites for hydroxylation is 3. The van der Waals surface area contributed by atoms with Gasteiger partial charge < -0.3 is 56.1 Å². The van der Waals surface area contributed by atoms with Gasteiger partial charge in [0, 0.05) is 154 Å². The van der Waals surface area contributed by atoms with E-state index in [4.69, 9.17) is 78.1 Å². The number of rotatable bonds is 12. The largest absolute Gasteiger partial charge is 0.486 e. The van der Waals surface area contributed by atoms with Crippen molar-refractivity contribution in [3.05, 3.63) is 261 Å². The number of carbonyl (C=O) groups is 3. The van der Waals surface area contributed by atoms with Crippen molar-refractivity contribution in [2.45, 2.75) is 150 Å². The Hall–Kier alpha value is -12.8. The smallest absolute Gasteiger partial charge is 0.301 e. The van der Waals surface area contributed by atoms with Crippen LogP contribution in [0, 0.1) is 44.0 Å². The third-order valence-corrected chi connectivity index (χ3v) is 26.9. The van der Waals surface area contributed by atoms with Crippen molar-refractivity contribution in [2.24, 2.45) is 0 Å². The summed E-state index contributed by atoms with van der Waals surface area (Å²) in [7, 11) is 0. The van der Waals surface area contributed by atoms with E-state index in [1.165, 1.54) is 63.8 Å². The summed E-state index contributed by atoms with van der Waals surface area (Å²) < 4.78 is 83.5. The molecule has 12 aromatic rings. The van der Waals surface area contributed by atoms with E-state index >= 15 is 17.6 Å². The lowest BCUT2D eigenvalue weighted by Crippen LogP contribution is -2.62. The van der Waals surface area contributed by atoms with Gasteiger partial charge in [-0.25, -0.2) is 22.5 Å². The van der Waals surface area contributed by atoms with Gasteiger partial charge in [0.2, 0.25) is 29.2 Å². The molecule has 18 rings (SSSR count). The highest BCUT2D eigenvalue weighted by molar-refractivity contribution is 6.37. The molecule has 0 aliphatic carbocycles. The van der Waals surface area contributed by atoms with Crippen LogP contribution in [0.15, 0.2) is 162 Å². The van der Waals surface area contributed by atoms with Crippen molar-refractivity contribution in [3.8, 4) is 62.1 Å². The summed E-state index contributed by atoms with van der Waals surface area (Å²) in [5.41, 5.74) is 25.9. The van der Waals surface area contributed by atoms with Crippen LogP contribution in [-0.4, -0.2) is 155 Å². The fourth-order valence-corrected chi connectivity index (χ4v) is 20.3. The van der Waals surface area contributed by atoms with E-state index in [1.54, 1.807) is 80.3 Å². The lowest BCUT2D eigenvalue weighted by molar-refractivity contribution is -0.129. The summed E-state index contributed by atoms with van der Waals surface area (Å²) in [6.45, 7) is 36.9. The molecule has 6 aliphatic rings. The third-order valence-electron chi connectivity index (χ3n) is 25.6. The van der Waals surface area contributed by atoms with Crippen LogP contribution in [0.1, 0.15) is 126 Å². The van der Waals surface area contributed by atoms with E-state index < -0.39 is 40.0 Å². The molecular formula is C99H98Cl4F4N16O8. The molecule has 6 atom stereocenters. The van der Waals surface area contributed by atoms with Crippen LogP contribution >= 0.6 is 46.4 Å². The highest BCUT2D eigenvalue weighted by Gasteiger charge is 2.46. The van der Waals surface area contributed by atoms with Crippen molar-refractivity contribution in [1.29, 1.82) is 0 Å². The van der Waals surface area contributed by atoms with Crippen LogP contribution in [0.4, 0.5) is 51.7 Å². The monoisotopic (exact) mass is 1850 g/mol. The number of halogens is 8. The summed E-state index contributed by atoms with van der Waals surface area (Å²) in [6, 6.07) is 22.4. The highest BCUT2D eigenvalue weighted by atomic mass is 35.5. The fraction of sp³-hybridized carbons (Fsp3) is 0.313. The minimum absolute atomic E-state index is 0.00723. The number of hydrogen-bond donors (Lipinski definition) is 3. The molecule has 131 heavy (non-hydrogen) atoms. The van der Waals surface area contributed by atoms with Gasteiger partial charge in [-0.05, 0) is 185 Å². The first kappa shape index (κ1) is 91.5. The molecule has 13 heterocycles. The van der Waals surface area contributed by atoms with Gasteiger partial charge in [-0.2, -0.15) is 0 Å². The number of nitrogens with zero attached hydrogens (tertiary/aromatic N) is 13. The van der Waals surface area contributed by atoms with Crippen molar-refractivity contribution in [3.63, 3.8) is 0 Å². The molecule has 0 spiro atoms. The summed E-state index contributed by atoms with van der Waals surface area (Å²) in [4.78, 5) is 112. The molecule has 0 radical (unpaired) electrons. The van der Waals surface area contributed by atoms with Crippen LogP contribution in [-0.2, 0) is 20.8 Å². The van der Waals surface area contributed by atoms with Gasteiger partial charge in [0.15, 0.2) is 17.3 Å². The number of pyridine rings is 7. The van der Waals surface area contributed by atoms with Crippen LogP contribution < -0.4 is 58.1 Å². The summed E-state index contributed by atoms with van der Waals surface area (Å²) >= 11 is 26.5. The number of nitrogen functional groups attached to an aromatic ring is 3. The Morgan fingerprint density at radius 1 is 0.458 bits per heavy atom. The molecule has 0 saturated carbocycles. The second-order valence-electron chi connectivity index (χ2n) is 35.2. The Labute approximate surface area is 773 Å². The van der Waals surface area contributed by atoms with E-state index in [-0.39, 0.29) is 156 Å². The van der Waals surface area contributed by atoms with E-state index in [0.29, 0.717) is 152 Å². The van der Waals surface area contributed by atoms with Crippen LogP contribution in [0.25, 0.3) is 83.4 Å². The second kappa shape index (κ2) is 35.8. The number of amides is 3. The zero-order valence-electron chi connectivity index (χ0n) is 74.3. The molecule has 3 amide bonds. The van der Waals surface area contributed by atoms with Gasteiger partial charge in [0.1, 0.15) is 18.2 Å². The molecule has 3 saturated heterocycles. The molecule has 6 N–H and O–H groups in total. The fourth-order valence-electron chi connectivity index (χ4n) is 19.4. The molecule has 3 fully saturated rings. The van der Waals surface area contributed by atoms with Gasteiger partial charge in [0.05, 0.1) is 114 Å². The van der Waals surface area contributed by atoms with E-state index in [0.717, 1.165) is 16.8 Å². The third kappa shape index (κ3) is 15.9. The Bertz CT molecular complexity index is 7020. The van der Waals surface area contributed by atoms with Gasteiger partial charge in [-0.15, -0.1) is 0 Å². The highest BCUT2D eigenvalue weighted by Crippen LogP contribution is 2.50. The number of piperazine rings is 3.